The Morgan fingerprint density at radius 2 is 1.44 bits per heavy atom. The molecule has 0 saturated carbocycles. The lowest BCUT2D eigenvalue weighted by Gasteiger charge is -2.08. The van der Waals surface area contributed by atoms with Gasteiger partial charge in [-0.05, 0) is 6.92 Å². The van der Waals surface area contributed by atoms with Gasteiger partial charge in [0.1, 0.15) is 11.3 Å². The molecule has 0 radical (unpaired) electrons. The average molecular weight is 214 g/mol. The summed E-state index contributed by atoms with van der Waals surface area (Å²) in [4.78, 5) is 0. The first-order chi connectivity index (χ1) is 7.66. The van der Waals surface area contributed by atoms with Crippen molar-refractivity contribution in [1.29, 1.82) is 0 Å². The Kier molecular flexibility index (Phi) is 2.34. The standard InChI is InChI=1S/C13H10O3/c1-2-5-10-11(14)8-6-3-4-7-9(8)12(15)13(10)16/h3-4,6-7,14-16H,1H3. The first kappa shape index (κ1) is 10.2. The molecule has 0 aliphatic rings. The number of hydrogen-bond donors (Lipinski definition) is 3. The van der Waals surface area contributed by atoms with E-state index in [1.165, 1.54) is 0 Å². The predicted octanol–water partition coefficient (Wildman–Crippen LogP) is 2.33. The highest BCUT2D eigenvalue weighted by Gasteiger charge is 2.16. The summed E-state index contributed by atoms with van der Waals surface area (Å²) in [6.45, 7) is 1.59. The molecule has 3 heteroatoms. The molecule has 0 unspecified atom stereocenters. The molecule has 2 aromatic rings. The normalized spacial score (nSPS) is 9.81. The Labute approximate surface area is 92.6 Å². The van der Waals surface area contributed by atoms with Crippen LogP contribution >= 0.6 is 0 Å². The van der Waals surface area contributed by atoms with Crippen LogP contribution in [0.5, 0.6) is 17.2 Å². The number of rotatable bonds is 0. The van der Waals surface area contributed by atoms with Gasteiger partial charge in [0, 0.05) is 10.8 Å². The van der Waals surface area contributed by atoms with Crippen molar-refractivity contribution in [1.82, 2.24) is 0 Å². The first-order valence-electron chi connectivity index (χ1n) is 4.75. The molecule has 3 nitrogen and oxygen atoms in total. The van der Waals surface area contributed by atoms with Gasteiger partial charge >= 0.3 is 0 Å². The van der Waals surface area contributed by atoms with Gasteiger partial charge in [0.25, 0.3) is 0 Å². The third kappa shape index (κ3) is 1.32. The summed E-state index contributed by atoms with van der Waals surface area (Å²) >= 11 is 0. The Morgan fingerprint density at radius 1 is 0.875 bits per heavy atom. The maximum Gasteiger partial charge on any atom is 0.177 e. The summed E-state index contributed by atoms with van der Waals surface area (Å²) in [6.07, 6.45) is 0. The number of hydrogen-bond acceptors (Lipinski definition) is 3. The van der Waals surface area contributed by atoms with Gasteiger partial charge in [0.15, 0.2) is 11.5 Å². The number of fused-ring (bicyclic) bond motifs is 1. The second-order valence-electron chi connectivity index (χ2n) is 3.34. The molecule has 0 aliphatic heterocycles. The smallest absolute Gasteiger partial charge is 0.177 e. The SMILES string of the molecule is CC#Cc1c(O)c(O)c2ccccc2c1O. The highest BCUT2D eigenvalue weighted by Crippen LogP contribution is 2.43. The molecule has 16 heavy (non-hydrogen) atoms. The zero-order chi connectivity index (χ0) is 11.7. The third-order valence-electron chi connectivity index (χ3n) is 2.39. The van der Waals surface area contributed by atoms with E-state index in [2.05, 4.69) is 11.8 Å². The van der Waals surface area contributed by atoms with E-state index < -0.39 is 0 Å². The largest absolute Gasteiger partial charge is 0.506 e. The number of aromatic hydroxyl groups is 3. The molecule has 0 fully saturated rings. The Bertz CT molecular complexity index is 618. The zero-order valence-corrected chi connectivity index (χ0v) is 8.65. The van der Waals surface area contributed by atoms with Crippen molar-refractivity contribution in [3.05, 3.63) is 29.8 Å². The topological polar surface area (TPSA) is 60.7 Å². The summed E-state index contributed by atoms with van der Waals surface area (Å²) < 4.78 is 0. The van der Waals surface area contributed by atoms with E-state index in [-0.39, 0.29) is 22.8 Å². The van der Waals surface area contributed by atoms with E-state index in [1.54, 1.807) is 31.2 Å². The van der Waals surface area contributed by atoms with Crippen LogP contribution < -0.4 is 0 Å². The van der Waals surface area contributed by atoms with Crippen molar-refractivity contribution in [2.45, 2.75) is 6.92 Å². The van der Waals surface area contributed by atoms with Crippen molar-refractivity contribution in [2.75, 3.05) is 0 Å². The van der Waals surface area contributed by atoms with Gasteiger partial charge in [-0.2, -0.15) is 0 Å². The van der Waals surface area contributed by atoms with E-state index in [9.17, 15) is 15.3 Å². The third-order valence-corrected chi connectivity index (χ3v) is 2.39. The lowest BCUT2D eigenvalue weighted by Crippen LogP contribution is -1.84. The van der Waals surface area contributed by atoms with Gasteiger partial charge in [-0.1, -0.05) is 30.2 Å². The van der Waals surface area contributed by atoms with Crippen molar-refractivity contribution in [3.8, 4) is 29.1 Å². The molecule has 2 rings (SSSR count). The molecule has 0 spiro atoms. The fraction of sp³-hybridized carbons (Fsp3) is 0.0769. The summed E-state index contributed by atoms with van der Waals surface area (Å²) in [6, 6.07) is 6.73. The van der Waals surface area contributed by atoms with Crippen molar-refractivity contribution in [2.24, 2.45) is 0 Å². The van der Waals surface area contributed by atoms with Crippen LogP contribution in [0.15, 0.2) is 24.3 Å². The van der Waals surface area contributed by atoms with Crippen LogP contribution in [0.3, 0.4) is 0 Å². The summed E-state index contributed by atoms with van der Waals surface area (Å²) in [5.74, 6) is 4.39. The minimum Gasteiger partial charge on any atom is -0.506 e. The maximum atomic E-state index is 9.91. The monoisotopic (exact) mass is 214 g/mol. The second-order valence-corrected chi connectivity index (χ2v) is 3.34. The lowest BCUT2D eigenvalue weighted by atomic mass is 10.0. The van der Waals surface area contributed by atoms with Crippen LogP contribution in [-0.4, -0.2) is 15.3 Å². The highest BCUT2D eigenvalue weighted by atomic mass is 16.3. The van der Waals surface area contributed by atoms with Crippen LogP contribution in [0.25, 0.3) is 10.8 Å². The number of benzene rings is 2. The molecule has 2 aromatic carbocycles. The summed E-state index contributed by atoms with van der Waals surface area (Å²) in [5, 5.41) is 30.2. The Morgan fingerprint density at radius 3 is 2.00 bits per heavy atom. The van der Waals surface area contributed by atoms with Crippen LogP contribution in [0, 0.1) is 11.8 Å². The number of phenols is 3. The van der Waals surface area contributed by atoms with Gasteiger partial charge in [-0.3, -0.25) is 0 Å². The van der Waals surface area contributed by atoms with Gasteiger partial charge < -0.3 is 15.3 Å². The van der Waals surface area contributed by atoms with Crippen molar-refractivity contribution < 1.29 is 15.3 Å². The van der Waals surface area contributed by atoms with Crippen LogP contribution in [-0.2, 0) is 0 Å². The Balaban J connectivity index is 2.98. The molecular weight excluding hydrogens is 204 g/mol. The van der Waals surface area contributed by atoms with E-state index in [0.29, 0.717) is 10.8 Å². The zero-order valence-electron chi connectivity index (χ0n) is 8.65. The fourth-order valence-electron chi connectivity index (χ4n) is 1.63. The van der Waals surface area contributed by atoms with Crippen molar-refractivity contribution in [3.63, 3.8) is 0 Å². The van der Waals surface area contributed by atoms with E-state index >= 15 is 0 Å². The predicted molar refractivity (Wildman–Crippen MR) is 61.5 cm³/mol. The summed E-state index contributed by atoms with van der Waals surface area (Å²) in [5.41, 5.74) is 0.0544. The molecule has 0 saturated heterocycles. The highest BCUT2D eigenvalue weighted by molar-refractivity contribution is 5.97. The average Bonchev–Trinajstić information content (AvgIpc) is 2.32. The van der Waals surface area contributed by atoms with Crippen LogP contribution in [0.4, 0.5) is 0 Å². The van der Waals surface area contributed by atoms with E-state index in [4.69, 9.17) is 0 Å². The fourth-order valence-corrected chi connectivity index (χ4v) is 1.63. The van der Waals surface area contributed by atoms with Gasteiger partial charge in [0.05, 0.1) is 0 Å². The molecular formula is C13H10O3. The van der Waals surface area contributed by atoms with E-state index in [1.807, 2.05) is 0 Å². The summed E-state index contributed by atoms with van der Waals surface area (Å²) in [7, 11) is 0. The molecule has 80 valence electrons. The van der Waals surface area contributed by atoms with Gasteiger partial charge in [-0.25, -0.2) is 0 Å². The molecule has 0 aliphatic carbocycles. The molecule has 0 atom stereocenters. The van der Waals surface area contributed by atoms with Crippen LogP contribution in [0.2, 0.25) is 0 Å². The maximum absolute atomic E-state index is 9.91. The quantitative estimate of drug-likeness (QED) is 0.358. The van der Waals surface area contributed by atoms with E-state index in [0.717, 1.165) is 0 Å². The molecule has 0 heterocycles. The second kappa shape index (κ2) is 3.67. The molecule has 3 N–H and O–H groups in total. The molecule has 0 bridgehead atoms. The van der Waals surface area contributed by atoms with Crippen LogP contribution in [0.1, 0.15) is 12.5 Å². The minimum atomic E-state index is -0.384. The number of phenolic OH excluding ortho intramolecular Hbond substituents is 3. The Hall–Kier alpha value is -2.34. The van der Waals surface area contributed by atoms with Crippen molar-refractivity contribution >= 4 is 10.8 Å². The molecule has 0 amide bonds. The lowest BCUT2D eigenvalue weighted by molar-refractivity contribution is 0.400. The molecule has 0 aromatic heterocycles. The minimum absolute atomic E-state index is 0.0544. The first-order valence-corrected chi connectivity index (χ1v) is 4.75. The van der Waals surface area contributed by atoms with Gasteiger partial charge in [-0.15, -0.1) is 5.92 Å². The van der Waals surface area contributed by atoms with Gasteiger partial charge in [0.2, 0.25) is 0 Å².